The normalized spacial score (nSPS) is 9.92. The van der Waals surface area contributed by atoms with Gasteiger partial charge in [-0.05, 0) is 24.3 Å². The van der Waals surface area contributed by atoms with Crippen LogP contribution in [-0.4, -0.2) is 15.1 Å². The van der Waals surface area contributed by atoms with Crippen LogP contribution < -0.4 is 5.43 Å². The average Bonchev–Trinajstić information content (AvgIpc) is 2.53. The van der Waals surface area contributed by atoms with Crippen LogP contribution in [0.5, 0.6) is 0 Å². The maximum Gasteiger partial charge on any atom is 0.0818 e. The van der Waals surface area contributed by atoms with E-state index < -0.39 is 0 Å². The summed E-state index contributed by atoms with van der Waals surface area (Å²) >= 11 is 0. The number of hydrogen-bond donors (Lipinski definition) is 1. The minimum absolute atomic E-state index is 0.892. The van der Waals surface area contributed by atoms with Gasteiger partial charge in [0.05, 0.1) is 17.6 Å². The minimum Gasteiger partial charge on any atom is -0.277 e. The highest BCUT2D eigenvalue weighted by Gasteiger charge is 1.94. The van der Waals surface area contributed by atoms with Crippen molar-refractivity contribution in [1.29, 1.82) is 0 Å². The molecule has 0 saturated heterocycles. The molecule has 0 atom stereocenters. The van der Waals surface area contributed by atoms with E-state index in [0.717, 1.165) is 11.4 Å². The van der Waals surface area contributed by atoms with Crippen LogP contribution >= 0.6 is 0 Å². The first-order valence-electron chi connectivity index (χ1n) is 4.05. The Morgan fingerprint density at radius 3 is 2.62 bits per heavy atom. The van der Waals surface area contributed by atoms with E-state index in [1.807, 2.05) is 43.5 Å². The number of nitrogens with zero attached hydrogens (tertiary/aromatic N) is 3. The Morgan fingerprint density at radius 2 is 2.00 bits per heavy atom. The summed E-state index contributed by atoms with van der Waals surface area (Å²) in [5, 5.41) is 7.73. The molecular weight excluding hydrogens is 164 g/mol. The summed E-state index contributed by atoms with van der Waals surface area (Å²) in [7, 11) is 0. The largest absolute Gasteiger partial charge is 0.277 e. The van der Waals surface area contributed by atoms with Gasteiger partial charge in [-0.3, -0.25) is 5.43 Å². The van der Waals surface area contributed by atoms with Gasteiger partial charge in [0.1, 0.15) is 0 Å². The molecule has 0 aliphatic rings. The Balaban J connectivity index is 2.15. The van der Waals surface area contributed by atoms with Crippen LogP contribution in [-0.2, 0) is 0 Å². The van der Waals surface area contributed by atoms with Crippen molar-refractivity contribution in [1.82, 2.24) is 15.1 Å². The third kappa shape index (κ3) is 1.84. The van der Waals surface area contributed by atoms with E-state index in [1.165, 1.54) is 0 Å². The molecule has 1 N–H and O–H groups in total. The van der Waals surface area contributed by atoms with E-state index in [2.05, 4.69) is 15.7 Å². The number of rotatable bonds is 2. The standard InChI is InChI=1S/C9H10N4/c1-8-7-13(12-10-8)11-9-5-3-2-4-6-9/h2-7,11H,1H3. The topological polar surface area (TPSA) is 42.7 Å². The molecule has 1 heterocycles. The summed E-state index contributed by atoms with van der Waals surface area (Å²) in [6, 6.07) is 9.84. The van der Waals surface area contributed by atoms with E-state index in [9.17, 15) is 0 Å². The first kappa shape index (κ1) is 7.79. The zero-order valence-electron chi connectivity index (χ0n) is 7.31. The first-order chi connectivity index (χ1) is 6.34. The monoisotopic (exact) mass is 174 g/mol. The minimum atomic E-state index is 0.892. The van der Waals surface area contributed by atoms with Crippen LogP contribution in [0.1, 0.15) is 5.69 Å². The van der Waals surface area contributed by atoms with Gasteiger partial charge in [0.15, 0.2) is 0 Å². The van der Waals surface area contributed by atoms with Crippen LogP contribution in [0.3, 0.4) is 0 Å². The molecule has 0 fully saturated rings. The zero-order chi connectivity index (χ0) is 9.10. The molecule has 4 nitrogen and oxygen atoms in total. The number of aryl methyl sites for hydroxylation is 1. The molecule has 1 aromatic carbocycles. The van der Waals surface area contributed by atoms with Gasteiger partial charge in [0, 0.05) is 0 Å². The molecule has 0 bridgehead atoms. The molecule has 0 saturated carbocycles. The smallest absolute Gasteiger partial charge is 0.0818 e. The number of anilines is 1. The Morgan fingerprint density at radius 1 is 1.23 bits per heavy atom. The molecule has 1 aromatic heterocycles. The van der Waals surface area contributed by atoms with Gasteiger partial charge in [-0.1, -0.05) is 18.2 Å². The molecule has 2 aromatic rings. The summed E-state index contributed by atoms with van der Waals surface area (Å²) in [6.45, 7) is 1.90. The van der Waals surface area contributed by atoms with Crippen LogP contribution in [0, 0.1) is 6.92 Å². The van der Waals surface area contributed by atoms with Gasteiger partial charge in [0.25, 0.3) is 0 Å². The molecule has 2 rings (SSSR count). The second-order valence-electron chi connectivity index (χ2n) is 2.78. The maximum atomic E-state index is 3.87. The van der Waals surface area contributed by atoms with Crippen LogP contribution in [0.15, 0.2) is 36.5 Å². The second kappa shape index (κ2) is 3.26. The van der Waals surface area contributed by atoms with Crippen molar-refractivity contribution < 1.29 is 0 Å². The average molecular weight is 174 g/mol. The van der Waals surface area contributed by atoms with Crippen molar-refractivity contribution in [2.75, 3.05) is 5.43 Å². The highest BCUT2D eigenvalue weighted by Crippen LogP contribution is 2.04. The number of hydrogen-bond acceptors (Lipinski definition) is 3. The molecule has 0 amide bonds. The van der Waals surface area contributed by atoms with E-state index in [4.69, 9.17) is 0 Å². The lowest BCUT2D eigenvalue weighted by Gasteiger charge is -2.02. The predicted molar refractivity (Wildman–Crippen MR) is 50.2 cm³/mol. The quantitative estimate of drug-likeness (QED) is 0.749. The zero-order valence-corrected chi connectivity index (χ0v) is 7.31. The van der Waals surface area contributed by atoms with Crippen molar-refractivity contribution in [3.63, 3.8) is 0 Å². The summed E-state index contributed by atoms with van der Waals surface area (Å²) in [4.78, 5) is 1.59. The number of nitrogens with one attached hydrogen (secondary N) is 1. The summed E-state index contributed by atoms with van der Waals surface area (Å²) in [5.41, 5.74) is 4.95. The highest BCUT2D eigenvalue weighted by atomic mass is 15.6. The first-order valence-corrected chi connectivity index (χ1v) is 4.05. The Hall–Kier alpha value is -1.84. The van der Waals surface area contributed by atoms with E-state index in [0.29, 0.717) is 0 Å². The van der Waals surface area contributed by atoms with Gasteiger partial charge in [-0.15, -0.1) is 5.10 Å². The third-order valence-electron chi connectivity index (χ3n) is 1.63. The number of benzene rings is 1. The van der Waals surface area contributed by atoms with E-state index in [1.54, 1.807) is 4.79 Å². The van der Waals surface area contributed by atoms with Crippen molar-refractivity contribution in [2.45, 2.75) is 6.92 Å². The van der Waals surface area contributed by atoms with Crippen molar-refractivity contribution in [3.05, 3.63) is 42.2 Å². The van der Waals surface area contributed by atoms with E-state index >= 15 is 0 Å². The highest BCUT2D eigenvalue weighted by molar-refractivity contribution is 5.41. The lowest BCUT2D eigenvalue weighted by molar-refractivity contribution is 0.743. The number of aromatic nitrogens is 3. The SMILES string of the molecule is Cc1cn(Nc2ccccc2)nn1. The van der Waals surface area contributed by atoms with Crippen molar-refractivity contribution >= 4 is 5.69 Å². The van der Waals surface area contributed by atoms with Gasteiger partial charge in [-0.2, -0.15) is 4.79 Å². The second-order valence-corrected chi connectivity index (χ2v) is 2.78. The van der Waals surface area contributed by atoms with Gasteiger partial charge in [-0.25, -0.2) is 0 Å². The van der Waals surface area contributed by atoms with E-state index in [-0.39, 0.29) is 0 Å². The van der Waals surface area contributed by atoms with Crippen LogP contribution in [0.25, 0.3) is 0 Å². The van der Waals surface area contributed by atoms with Crippen LogP contribution in [0.2, 0.25) is 0 Å². The fraction of sp³-hybridized carbons (Fsp3) is 0.111. The fourth-order valence-electron chi connectivity index (χ4n) is 1.05. The number of para-hydroxylation sites is 1. The molecule has 0 unspecified atom stereocenters. The van der Waals surface area contributed by atoms with Crippen molar-refractivity contribution in [3.8, 4) is 0 Å². The molecular formula is C9H10N4. The molecule has 13 heavy (non-hydrogen) atoms. The molecule has 0 aliphatic heterocycles. The van der Waals surface area contributed by atoms with Crippen molar-refractivity contribution in [2.24, 2.45) is 0 Å². The maximum absolute atomic E-state index is 3.87. The Bertz CT molecular complexity index is 380. The summed E-state index contributed by atoms with van der Waals surface area (Å²) in [5.74, 6) is 0. The van der Waals surface area contributed by atoms with Gasteiger partial charge < -0.3 is 0 Å². The predicted octanol–water partition coefficient (Wildman–Crippen LogP) is 1.46. The Kier molecular flexibility index (Phi) is 1.96. The molecule has 0 radical (unpaired) electrons. The molecule has 66 valence electrons. The Labute approximate surface area is 76.2 Å². The fourth-order valence-corrected chi connectivity index (χ4v) is 1.05. The van der Waals surface area contributed by atoms with Gasteiger partial charge in [0.2, 0.25) is 0 Å². The van der Waals surface area contributed by atoms with Gasteiger partial charge >= 0.3 is 0 Å². The molecule has 4 heteroatoms. The third-order valence-corrected chi connectivity index (χ3v) is 1.63. The lowest BCUT2D eigenvalue weighted by Crippen LogP contribution is -2.09. The summed E-state index contributed by atoms with van der Waals surface area (Å²) in [6.07, 6.45) is 1.83. The molecule has 0 aliphatic carbocycles. The summed E-state index contributed by atoms with van der Waals surface area (Å²) < 4.78 is 0. The van der Waals surface area contributed by atoms with Crippen LogP contribution in [0.4, 0.5) is 5.69 Å². The lowest BCUT2D eigenvalue weighted by atomic mass is 10.3. The molecule has 0 spiro atoms.